The first-order valence-corrected chi connectivity index (χ1v) is 5.91. The zero-order valence-electron chi connectivity index (χ0n) is 9.94. The van der Waals surface area contributed by atoms with Gasteiger partial charge in [-0.1, -0.05) is 10.3 Å². The van der Waals surface area contributed by atoms with E-state index in [-0.39, 0.29) is 36.1 Å². The lowest BCUT2D eigenvalue weighted by Gasteiger charge is -2.33. The summed E-state index contributed by atoms with van der Waals surface area (Å²) in [6.07, 6.45) is 2.91. The van der Waals surface area contributed by atoms with Crippen molar-refractivity contribution in [3.05, 3.63) is 29.7 Å². The molecule has 1 fully saturated rings. The van der Waals surface area contributed by atoms with Gasteiger partial charge in [-0.05, 0) is 12.8 Å². The first-order valence-electron chi connectivity index (χ1n) is 5.91. The average molecular weight is 264 g/mol. The van der Waals surface area contributed by atoms with Crippen molar-refractivity contribution in [2.24, 2.45) is 0 Å². The molecule has 1 aliphatic rings. The number of nitrogens with zero attached hydrogens (tertiary/aromatic N) is 3. The van der Waals surface area contributed by atoms with Gasteiger partial charge in [-0.2, -0.15) is 4.98 Å². The molecule has 2 N–H and O–H groups in total. The summed E-state index contributed by atoms with van der Waals surface area (Å²) in [5.41, 5.74) is 0. The van der Waals surface area contributed by atoms with Crippen LogP contribution in [0.5, 0.6) is 0 Å². The second-order valence-electron chi connectivity index (χ2n) is 4.42. The molecule has 0 atom stereocenters. The molecular weight excluding hydrogens is 252 g/mol. The molecule has 0 bridgehead atoms. The zero-order valence-corrected chi connectivity index (χ0v) is 9.94. The summed E-state index contributed by atoms with van der Waals surface area (Å²) >= 11 is 0. The Morgan fingerprint density at radius 2 is 2.32 bits per heavy atom. The number of carbonyl (C=O) groups excluding carboxylic acids is 1. The van der Waals surface area contributed by atoms with Crippen LogP contribution in [0.1, 0.15) is 41.0 Å². The molecule has 100 valence electrons. The van der Waals surface area contributed by atoms with E-state index in [1.165, 1.54) is 12.3 Å². The van der Waals surface area contributed by atoms with Gasteiger partial charge in [-0.15, -0.1) is 0 Å². The van der Waals surface area contributed by atoms with E-state index >= 15 is 0 Å². The molecular formula is C11H12N4O4. The van der Waals surface area contributed by atoms with Crippen LogP contribution < -0.4 is 5.32 Å². The van der Waals surface area contributed by atoms with Crippen molar-refractivity contribution < 1.29 is 18.9 Å². The number of aromatic nitrogens is 3. The Balaban J connectivity index is 1.51. The molecule has 0 aromatic carbocycles. The van der Waals surface area contributed by atoms with Crippen LogP contribution in [0.15, 0.2) is 21.3 Å². The predicted octanol–water partition coefficient (Wildman–Crippen LogP) is 0.226. The van der Waals surface area contributed by atoms with Crippen molar-refractivity contribution in [1.82, 2.24) is 20.6 Å². The fourth-order valence-corrected chi connectivity index (χ4v) is 2.03. The molecule has 19 heavy (non-hydrogen) atoms. The average Bonchev–Trinajstić information content (AvgIpc) is 3.03. The highest BCUT2D eigenvalue weighted by Gasteiger charge is 2.35. The number of aliphatic hydroxyl groups excluding tert-OH is 1. The van der Waals surface area contributed by atoms with Gasteiger partial charge in [0.1, 0.15) is 6.61 Å². The minimum absolute atomic E-state index is 0.0682. The van der Waals surface area contributed by atoms with Crippen LogP contribution in [-0.2, 0) is 6.61 Å². The van der Waals surface area contributed by atoms with Gasteiger partial charge >= 0.3 is 0 Å². The predicted molar refractivity (Wildman–Crippen MR) is 60.0 cm³/mol. The maximum absolute atomic E-state index is 11.7. The molecule has 3 rings (SSSR count). The number of nitrogens with one attached hydrogen (secondary N) is 1. The van der Waals surface area contributed by atoms with Crippen LogP contribution in [0.3, 0.4) is 0 Å². The van der Waals surface area contributed by atoms with Gasteiger partial charge in [0.25, 0.3) is 11.8 Å². The SMILES string of the molecule is O=C(NC1CC(c2noc(CO)n2)C1)c1ccno1. The molecule has 8 nitrogen and oxygen atoms in total. The van der Waals surface area contributed by atoms with Crippen molar-refractivity contribution in [2.75, 3.05) is 0 Å². The molecule has 2 aromatic heterocycles. The highest BCUT2D eigenvalue weighted by atomic mass is 16.5. The highest BCUT2D eigenvalue weighted by molar-refractivity contribution is 5.91. The maximum atomic E-state index is 11.7. The van der Waals surface area contributed by atoms with E-state index in [9.17, 15) is 4.79 Å². The molecule has 0 unspecified atom stereocenters. The standard InChI is InChI=1S/C11H12N4O4/c16-5-9-14-10(15-19-9)6-3-7(4-6)13-11(17)8-1-2-12-18-8/h1-2,6-7,16H,3-5H2,(H,13,17). The molecule has 8 heteroatoms. The van der Waals surface area contributed by atoms with Gasteiger partial charge in [0.2, 0.25) is 5.76 Å². The van der Waals surface area contributed by atoms with Crippen LogP contribution in [0.25, 0.3) is 0 Å². The Morgan fingerprint density at radius 3 is 2.95 bits per heavy atom. The Hall–Kier alpha value is -2.22. The van der Waals surface area contributed by atoms with Crippen molar-refractivity contribution in [2.45, 2.75) is 31.4 Å². The second-order valence-corrected chi connectivity index (χ2v) is 4.42. The van der Waals surface area contributed by atoms with E-state index in [0.717, 1.165) is 12.8 Å². The Bertz CT molecular complexity index is 559. The smallest absolute Gasteiger partial charge is 0.290 e. The summed E-state index contributed by atoms with van der Waals surface area (Å²) in [5.74, 6) is 0.873. The van der Waals surface area contributed by atoms with Crippen molar-refractivity contribution in [3.63, 3.8) is 0 Å². The third-order valence-corrected chi connectivity index (χ3v) is 3.12. The first-order chi connectivity index (χ1) is 9.26. The zero-order chi connectivity index (χ0) is 13.2. The summed E-state index contributed by atoms with van der Waals surface area (Å²) in [7, 11) is 0. The summed E-state index contributed by atoms with van der Waals surface area (Å²) in [6, 6.07) is 1.58. The lowest BCUT2D eigenvalue weighted by molar-refractivity contribution is 0.0869. The van der Waals surface area contributed by atoms with E-state index in [0.29, 0.717) is 5.82 Å². The fourth-order valence-electron chi connectivity index (χ4n) is 2.03. The van der Waals surface area contributed by atoms with E-state index in [2.05, 4.69) is 20.6 Å². The Labute approximate surface area is 107 Å². The molecule has 0 aliphatic heterocycles. The fraction of sp³-hybridized carbons (Fsp3) is 0.455. The molecule has 1 amide bonds. The minimum Gasteiger partial charge on any atom is -0.387 e. The quantitative estimate of drug-likeness (QED) is 0.812. The third-order valence-electron chi connectivity index (χ3n) is 3.12. The maximum Gasteiger partial charge on any atom is 0.290 e. The first kappa shape index (κ1) is 11.8. The largest absolute Gasteiger partial charge is 0.387 e. The van der Waals surface area contributed by atoms with Gasteiger partial charge in [0, 0.05) is 18.0 Å². The van der Waals surface area contributed by atoms with Crippen LogP contribution in [-0.4, -0.2) is 32.4 Å². The van der Waals surface area contributed by atoms with E-state index in [4.69, 9.17) is 14.2 Å². The molecule has 1 aliphatic carbocycles. The van der Waals surface area contributed by atoms with Gasteiger partial charge in [-0.25, -0.2) is 0 Å². The van der Waals surface area contributed by atoms with Crippen molar-refractivity contribution >= 4 is 5.91 Å². The van der Waals surface area contributed by atoms with E-state index in [1.807, 2.05) is 0 Å². The van der Waals surface area contributed by atoms with Gasteiger partial charge < -0.3 is 19.5 Å². The number of amides is 1. The number of hydrogen-bond donors (Lipinski definition) is 2. The highest BCUT2D eigenvalue weighted by Crippen LogP contribution is 2.35. The Morgan fingerprint density at radius 1 is 1.47 bits per heavy atom. The summed E-state index contributed by atoms with van der Waals surface area (Å²) in [5, 5.41) is 18.9. The molecule has 2 aromatic rings. The monoisotopic (exact) mass is 264 g/mol. The van der Waals surface area contributed by atoms with Crippen LogP contribution in [0, 0.1) is 0 Å². The van der Waals surface area contributed by atoms with Crippen molar-refractivity contribution in [1.29, 1.82) is 0 Å². The normalized spacial score (nSPS) is 21.9. The number of aliphatic hydroxyl groups is 1. The number of rotatable bonds is 4. The van der Waals surface area contributed by atoms with Crippen LogP contribution in [0.2, 0.25) is 0 Å². The van der Waals surface area contributed by atoms with Gasteiger partial charge in [-0.3, -0.25) is 4.79 Å². The molecule has 0 radical (unpaired) electrons. The van der Waals surface area contributed by atoms with E-state index in [1.54, 1.807) is 0 Å². The molecule has 2 heterocycles. The molecule has 1 saturated carbocycles. The summed E-state index contributed by atoms with van der Waals surface area (Å²) in [6.45, 7) is -0.259. The van der Waals surface area contributed by atoms with Crippen LogP contribution in [0.4, 0.5) is 0 Å². The lowest BCUT2D eigenvalue weighted by atomic mass is 9.79. The van der Waals surface area contributed by atoms with Crippen molar-refractivity contribution in [3.8, 4) is 0 Å². The second kappa shape index (κ2) is 4.81. The third kappa shape index (κ3) is 2.34. The van der Waals surface area contributed by atoms with E-state index < -0.39 is 0 Å². The Kier molecular flexibility index (Phi) is 3.00. The number of carbonyl (C=O) groups is 1. The van der Waals surface area contributed by atoms with Crippen LogP contribution >= 0.6 is 0 Å². The molecule has 0 spiro atoms. The topological polar surface area (TPSA) is 114 Å². The minimum atomic E-state index is -0.273. The lowest BCUT2D eigenvalue weighted by Crippen LogP contribution is -2.43. The molecule has 0 saturated heterocycles. The van der Waals surface area contributed by atoms with Gasteiger partial charge in [0.05, 0.1) is 6.20 Å². The summed E-state index contributed by atoms with van der Waals surface area (Å²) in [4.78, 5) is 15.7. The summed E-state index contributed by atoms with van der Waals surface area (Å²) < 4.78 is 9.59. The number of hydrogen-bond acceptors (Lipinski definition) is 7. The van der Waals surface area contributed by atoms with Gasteiger partial charge in [0.15, 0.2) is 5.82 Å².